The lowest BCUT2D eigenvalue weighted by Gasteiger charge is -2.35. The molecule has 1 fully saturated rings. The molecule has 2 aromatic rings. The van der Waals surface area contributed by atoms with Crippen LogP contribution in [0.25, 0.3) is 0 Å². The van der Waals surface area contributed by atoms with Gasteiger partial charge in [0.2, 0.25) is 0 Å². The van der Waals surface area contributed by atoms with Gasteiger partial charge in [-0.25, -0.2) is 22.9 Å². The standard InChI is InChI=1S/C23H26N2O8S/c1-3-4-14-24-15-20(26)25(22(24)29)23(30,21(27)28)16(2)34(31,32)19-12-10-18(11-13-19)33-17-8-6-5-7-9-17/h5-13,16,30H,3-4,14-15H2,1-2H3,(H,27,28). The van der Waals surface area contributed by atoms with E-state index < -0.39 is 45.3 Å². The van der Waals surface area contributed by atoms with Crippen molar-refractivity contribution in [1.82, 2.24) is 9.80 Å². The van der Waals surface area contributed by atoms with E-state index in [0.717, 1.165) is 18.2 Å². The zero-order valence-electron chi connectivity index (χ0n) is 18.7. The molecule has 1 aliphatic rings. The van der Waals surface area contributed by atoms with Crippen LogP contribution in [0.1, 0.15) is 26.7 Å². The van der Waals surface area contributed by atoms with Gasteiger partial charge in [0.15, 0.2) is 9.84 Å². The summed E-state index contributed by atoms with van der Waals surface area (Å²) < 4.78 is 32.1. The number of unbranched alkanes of at least 4 members (excludes halogenated alkanes) is 1. The molecule has 2 N–H and O–H groups in total. The third kappa shape index (κ3) is 4.62. The van der Waals surface area contributed by atoms with Gasteiger partial charge >= 0.3 is 12.0 Å². The smallest absolute Gasteiger partial charge is 0.359 e. The summed E-state index contributed by atoms with van der Waals surface area (Å²) in [4.78, 5) is 38.3. The van der Waals surface area contributed by atoms with Crippen molar-refractivity contribution in [2.45, 2.75) is 42.6 Å². The number of nitrogens with zero attached hydrogens (tertiary/aromatic N) is 2. The van der Waals surface area contributed by atoms with E-state index in [1.807, 2.05) is 13.0 Å². The van der Waals surface area contributed by atoms with E-state index in [4.69, 9.17) is 4.74 Å². The monoisotopic (exact) mass is 490 g/mol. The average molecular weight is 491 g/mol. The molecule has 0 saturated carbocycles. The van der Waals surface area contributed by atoms with Crippen molar-refractivity contribution < 1.29 is 37.8 Å². The number of carboxylic acid groups (broad SMARTS) is 1. The van der Waals surface area contributed by atoms with Gasteiger partial charge < -0.3 is 19.8 Å². The Kier molecular flexibility index (Phi) is 7.27. The Balaban J connectivity index is 1.90. The third-order valence-electron chi connectivity index (χ3n) is 5.64. The van der Waals surface area contributed by atoms with Crippen molar-refractivity contribution >= 4 is 27.7 Å². The minimum absolute atomic E-state index is 0.139. The molecular formula is C23H26N2O8S. The van der Waals surface area contributed by atoms with Crippen LogP contribution in [0.5, 0.6) is 11.5 Å². The van der Waals surface area contributed by atoms with Crippen LogP contribution in [0.4, 0.5) is 4.79 Å². The van der Waals surface area contributed by atoms with Crippen LogP contribution in [0, 0.1) is 0 Å². The highest BCUT2D eigenvalue weighted by Crippen LogP contribution is 2.32. The number of rotatable bonds is 10. The Hall–Kier alpha value is -3.44. The molecule has 2 aromatic carbocycles. The third-order valence-corrected chi connectivity index (χ3v) is 7.83. The molecule has 0 spiro atoms. The summed E-state index contributed by atoms with van der Waals surface area (Å²) in [6, 6.07) is 12.9. The molecule has 0 aromatic heterocycles. The zero-order chi connectivity index (χ0) is 25.1. The summed E-state index contributed by atoms with van der Waals surface area (Å²) in [6.45, 7) is 2.57. The highest BCUT2D eigenvalue weighted by molar-refractivity contribution is 7.92. The number of para-hydroxylation sites is 1. The lowest BCUT2D eigenvalue weighted by molar-refractivity contribution is -0.179. The molecular weight excluding hydrogens is 464 g/mol. The fraction of sp³-hybridized carbons (Fsp3) is 0.348. The van der Waals surface area contributed by atoms with Gasteiger partial charge in [-0.3, -0.25) is 4.79 Å². The first kappa shape index (κ1) is 25.2. The summed E-state index contributed by atoms with van der Waals surface area (Å²) in [5, 5.41) is 18.8. The number of aliphatic hydroxyl groups is 1. The maximum absolute atomic E-state index is 13.2. The molecule has 2 atom stereocenters. The van der Waals surface area contributed by atoms with Crippen molar-refractivity contribution in [3.8, 4) is 11.5 Å². The molecule has 10 nitrogen and oxygen atoms in total. The number of carboxylic acids is 1. The summed E-state index contributed by atoms with van der Waals surface area (Å²) in [5.41, 5.74) is -3.30. The fourth-order valence-electron chi connectivity index (χ4n) is 3.60. The minimum atomic E-state index is -4.50. The largest absolute Gasteiger partial charge is 0.478 e. The number of urea groups is 1. The van der Waals surface area contributed by atoms with E-state index in [-0.39, 0.29) is 16.3 Å². The molecule has 2 unspecified atom stereocenters. The molecule has 0 bridgehead atoms. The Bertz CT molecular complexity index is 1170. The SMILES string of the molecule is CCCCN1CC(=O)N(C(O)(C(=O)O)C(C)S(=O)(=O)c2ccc(Oc3ccccc3)cc2)C1=O. The highest BCUT2D eigenvalue weighted by Gasteiger charge is 2.60. The Morgan fingerprint density at radius 2 is 1.68 bits per heavy atom. The van der Waals surface area contributed by atoms with Crippen molar-refractivity contribution in [3.63, 3.8) is 0 Å². The summed E-state index contributed by atoms with van der Waals surface area (Å²) in [5.74, 6) is -2.14. The lowest BCUT2D eigenvalue weighted by atomic mass is 10.1. The normalized spacial score (nSPS) is 16.9. The lowest BCUT2D eigenvalue weighted by Crippen LogP contribution is -2.65. The first-order valence-corrected chi connectivity index (χ1v) is 12.2. The van der Waals surface area contributed by atoms with E-state index in [1.54, 1.807) is 24.3 Å². The van der Waals surface area contributed by atoms with Crippen LogP contribution in [0.3, 0.4) is 0 Å². The van der Waals surface area contributed by atoms with Gasteiger partial charge in [0.1, 0.15) is 23.3 Å². The number of ether oxygens (including phenoxy) is 1. The predicted octanol–water partition coefficient (Wildman–Crippen LogP) is 2.48. The number of amides is 3. The average Bonchev–Trinajstić information content (AvgIpc) is 3.10. The summed E-state index contributed by atoms with van der Waals surface area (Å²) in [6.07, 6.45) is 1.28. The van der Waals surface area contributed by atoms with Crippen LogP contribution < -0.4 is 4.74 Å². The molecule has 182 valence electrons. The van der Waals surface area contributed by atoms with Gasteiger partial charge in [0.05, 0.1) is 4.90 Å². The molecule has 3 amide bonds. The fourth-order valence-corrected chi connectivity index (χ4v) is 5.17. The van der Waals surface area contributed by atoms with E-state index in [1.165, 1.54) is 24.3 Å². The molecule has 1 saturated heterocycles. The second kappa shape index (κ2) is 9.82. The second-order valence-electron chi connectivity index (χ2n) is 7.89. The van der Waals surface area contributed by atoms with E-state index in [0.29, 0.717) is 17.9 Å². The maximum atomic E-state index is 13.2. The van der Waals surface area contributed by atoms with Crippen molar-refractivity contribution in [2.75, 3.05) is 13.1 Å². The van der Waals surface area contributed by atoms with E-state index in [9.17, 15) is 33.0 Å². The number of carbonyl (C=O) groups excluding carboxylic acids is 2. The number of hydrogen-bond donors (Lipinski definition) is 2. The molecule has 0 aliphatic carbocycles. The molecule has 1 heterocycles. The van der Waals surface area contributed by atoms with Gasteiger partial charge in [-0.1, -0.05) is 31.5 Å². The molecule has 11 heteroatoms. The zero-order valence-corrected chi connectivity index (χ0v) is 19.6. The first-order valence-electron chi connectivity index (χ1n) is 10.7. The molecule has 1 aliphatic heterocycles. The number of benzene rings is 2. The van der Waals surface area contributed by atoms with Crippen molar-refractivity contribution in [2.24, 2.45) is 0 Å². The van der Waals surface area contributed by atoms with Gasteiger partial charge in [0, 0.05) is 6.54 Å². The quantitative estimate of drug-likeness (QED) is 0.484. The van der Waals surface area contributed by atoms with Crippen LogP contribution in [-0.2, 0) is 19.4 Å². The summed E-state index contributed by atoms with van der Waals surface area (Å²) >= 11 is 0. The van der Waals surface area contributed by atoms with E-state index in [2.05, 4.69) is 0 Å². The number of aliphatic carboxylic acids is 1. The molecule has 3 rings (SSSR count). The van der Waals surface area contributed by atoms with Crippen LogP contribution in [0.15, 0.2) is 59.5 Å². The van der Waals surface area contributed by atoms with Crippen molar-refractivity contribution in [3.05, 3.63) is 54.6 Å². The molecule has 0 radical (unpaired) electrons. The Labute approximate surface area is 197 Å². The van der Waals surface area contributed by atoms with Crippen molar-refractivity contribution in [1.29, 1.82) is 0 Å². The second-order valence-corrected chi connectivity index (χ2v) is 10.2. The van der Waals surface area contributed by atoms with E-state index >= 15 is 0 Å². The van der Waals surface area contributed by atoms with Gasteiger partial charge in [0.25, 0.3) is 11.6 Å². The van der Waals surface area contributed by atoms with Gasteiger partial charge in [-0.05, 0) is 49.7 Å². The number of sulfone groups is 1. The van der Waals surface area contributed by atoms with Gasteiger partial charge in [-0.15, -0.1) is 0 Å². The number of hydrogen-bond acceptors (Lipinski definition) is 7. The first-order chi connectivity index (χ1) is 16.0. The minimum Gasteiger partial charge on any atom is -0.478 e. The predicted molar refractivity (Wildman–Crippen MR) is 121 cm³/mol. The Morgan fingerprint density at radius 3 is 2.24 bits per heavy atom. The van der Waals surface area contributed by atoms with Crippen LogP contribution in [0.2, 0.25) is 0 Å². The molecule has 34 heavy (non-hydrogen) atoms. The highest BCUT2D eigenvalue weighted by atomic mass is 32.2. The van der Waals surface area contributed by atoms with Crippen LogP contribution in [-0.4, -0.2) is 70.4 Å². The maximum Gasteiger partial charge on any atom is 0.359 e. The van der Waals surface area contributed by atoms with Crippen LogP contribution >= 0.6 is 0 Å². The summed E-state index contributed by atoms with van der Waals surface area (Å²) in [7, 11) is -4.50. The number of imide groups is 1. The van der Waals surface area contributed by atoms with Gasteiger partial charge in [-0.2, -0.15) is 0 Å². The topological polar surface area (TPSA) is 142 Å². The Morgan fingerprint density at radius 1 is 1.09 bits per heavy atom. The number of carbonyl (C=O) groups is 3.